The van der Waals surface area contributed by atoms with E-state index in [0.717, 1.165) is 34.6 Å². The molecule has 2 aromatic rings. The van der Waals surface area contributed by atoms with Crippen molar-refractivity contribution in [2.75, 3.05) is 18.5 Å². The van der Waals surface area contributed by atoms with E-state index in [4.69, 9.17) is 16.3 Å². The lowest BCUT2D eigenvalue weighted by molar-refractivity contribution is -0.134. The third kappa shape index (κ3) is 4.11. The number of rotatable bonds is 7. The van der Waals surface area contributed by atoms with E-state index in [2.05, 4.69) is 10.6 Å². The molecule has 1 aromatic carbocycles. The summed E-state index contributed by atoms with van der Waals surface area (Å²) in [5.74, 6) is -1.57. The maximum absolute atomic E-state index is 13.3. The predicted octanol–water partition coefficient (Wildman–Crippen LogP) is 3.86. The van der Waals surface area contributed by atoms with Crippen molar-refractivity contribution in [2.45, 2.75) is 45.1 Å². The Morgan fingerprint density at radius 3 is 2.76 bits per heavy atom. The molecule has 1 atom stereocenters. The first kappa shape index (κ1) is 23.3. The molecule has 0 spiro atoms. The lowest BCUT2D eigenvalue weighted by atomic mass is 9.87. The number of carbonyl (C=O) groups is 4. The normalized spacial score (nSPS) is 19.4. The van der Waals surface area contributed by atoms with Crippen LogP contribution in [0.2, 0.25) is 5.02 Å². The molecule has 4 amide bonds. The Balaban J connectivity index is 1.55. The molecule has 1 aromatic heterocycles. The van der Waals surface area contributed by atoms with Gasteiger partial charge in [0.1, 0.15) is 17.1 Å². The van der Waals surface area contributed by atoms with Crippen LogP contribution >= 0.6 is 22.9 Å². The molecule has 174 valence electrons. The number of imide groups is 1. The second kappa shape index (κ2) is 9.15. The van der Waals surface area contributed by atoms with E-state index in [1.165, 1.54) is 11.3 Å². The first-order chi connectivity index (χ1) is 15.8. The van der Waals surface area contributed by atoms with Crippen molar-refractivity contribution in [1.82, 2.24) is 10.2 Å². The number of amides is 4. The van der Waals surface area contributed by atoms with Crippen LogP contribution in [0.3, 0.4) is 0 Å². The van der Waals surface area contributed by atoms with Crippen molar-refractivity contribution in [3.8, 4) is 0 Å². The van der Waals surface area contributed by atoms with E-state index in [1.807, 2.05) is 0 Å². The summed E-state index contributed by atoms with van der Waals surface area (Å²) in [5, 5.41) is 6.30. The van der Waals surface area contributed by atoms with Gasteiger partial charge >= 0.3 is 12.0 Å². The zero-order valence-electron chi connectivity index (χ0n) is 18.3. The molecule has 2 aliphatic rings. The van der Waals surface area contributed by atoms with Gasteiger partial charge in [-0.25, -0.2) is 9.59 Å². The Morgan fingerprint density at radius 2 is 2.06 bits per heavy atom. The topological polar surface area (TPSA) is 105 Å². The van der Waals surface area contributed by atoms with Gasteiger partial charge in [-0.3, -0.25) is 14.5 Å². The Bertz CT molecular complexity index is 1150. The fourth-order valence-corrected chi connectivity index (χ4v) is 5.87. The van der Waals surface area contributed by atoms with Crippen molar-refractivity contribution in [2.24, 2.45) is 0 Å². The molecule has 0 bridgehead atoms. The molecular weight excluding hydrogens is 466 g/mol. The predicted molar refractivity (Wildman–Crippen MR) is 125 cm³/mol. The van der Waals surface area contributed by atoms with Crippen molar-refractivity contribution < 1.29 is 23.9 Å². The highest BCUT2D eigenvalue weighted by Crippen LogP contribution is 2.40. The number of halogens is 1. The molecule has 33 heavy (non-hydrogen) atoms. The average molecular weight is 490 g/mol. The Kier molecular flexibility index (Phi) is 6.45. The number of hydrogen-bond acceptors (Lipinski definition) is 6. The molecule has 2 heterocycles. The van der Waals surface area contributed by atoms with Crippen LogP contribution in [0, 0.1) is 0 Å². The minimum absolute atomic E-state index is 0.224. The summed E-state index contributed by atoms with van der Waals surface area (Å²) in [6.45, 7) is 3.25. The van der Waals surface area contributed by atoms with Crippen LogP contribution in [-0.4, -0.2) is 41.9 Å². The lowest BCUT2D eigenvalue weighted by Crippen LogP contribution is -2.44. The number of nitrogens with zero attached hydrogens (tertiary/aromatic N) is 1. The van der Waals surface area contributed by atoms with Crippen LogP contribution in [0.15, 0.2) is 24.3 Å². The number of anilines is 1. The van der Waals surface area contributed by atoms with Gasteiger partial charge < -0.3 is 15.4 Å². The highest BCUT2D eigenvalue weighted by atomic mass is 35.5. The van der Waals surface area contributed by atoms with E-state index in [0.29, 0.717) is 27.6 Å². The summed E-state index contributed by atoms with van der Waals surface area (Å²) >= 11 is 7.44. The molecule has 1 aliphatic heterocycles. The Morgan fingerprint density at radius 1 is 1.27 bits per heavy atom. The molecule has 0 saturated carbocycles. The number of fused-ring (bicyclic) bond motifs is 1. The van der Waals surface area contributed by atoms with Crippen LogP contribution in [-0.2, 0) is 32.7 Å². The number of benzene rings is 1. The summed E-state index contributed by atoms with van der Waals surface area (Å²) in [6, 6.07) is 6.08. The summed E-state index contributed by atoms with van der Waals surface area (Å²) in [4.78, 5) is 53.3. The van der Waals surface area contributed by atoms with Crippen LogP contribution in [0.25, 0.3) is 0 Å². The number of carbonyl (C=O) groups excluding carboxylic acids is 4. The Hall–Kier alpha value is -2.91. The van der Waals surface area contributed by atoms with Crippen molar-refractivity contribution in [3.63, 3.8) is 0 Å². The first-order valence-corrected chi connectivity index (χ1v) is 12.0. The maximum atomic E-state index is 13.3. The average Bonchev–Trinajstić information content (AvgIpc) is 3.42. The number of ether oxygens (including phenoxy) is 1. The first-order valence-electron chi connectivity index (χ1n) is 10.8. The van der Waals surface area contributed by atoms with Crippen molar-refractivity contribution in [3.05, 3.63) is 50.9 Å². The van der Waals surface area contributed by atoms with Gasteiger partial charge in [0.25, 0.3) is 5.91 Å². The van der Waals surface area contributed by atoms with Crippen molar-refractivity contribution in [1.29, 1.82) is 0 Å². The van der Waals surface area contributed by atoms with Gasteiger partial charge in [0, 0.05) is 9.90 Å². The zero-order chi connectivity index (χ0) is 23.8. The maximum Gasteiger partial charge on any atom is 0.341 e. The van der Waals surface area contributed by atoms with Crippen LogP contribution in [0.5, 0.6) is 0 Å². The summed E-state index contributed by atoms with van der Waals surface area (Å²) in [7, 11) is 0. The third-order valence-electron chi connectivity index (χ3n) is 5.98. The number of thiophene rings is 1. The SMILES string of the molecule is CCOC(=O)c1c(NC(=O)CN2C(=O)N[C@@](CC)(c3cccc(Cl)c3)C2=O)sc2c1CCC2. The number of esters is 1. The lowest BCUT2D eigenvalue weighted by Gasteiger charge is -2.25. The van der Waals surface area contributed by atoms with E-state index >= 15 is 0 Å². The standard InChI is InChI=1S/C23H24ClN3O5S/c1-3-23(13-7-5-8-14(24)11-13)21(30)27(22(31)26-23)12-17(28)25-19-18(20(29)32-4-2)15-9-6-10-16(15)33-19/h5,7-8,11H,3-4,6,9-10,12H2,1-2H3,(H,25,28)(H,26,31)/t23-/m0/s1. The van der Waals surface area contributed by atoms with Gasteiger partial charge in [-0.2, -0.15) is 0 Å². The van der Waals surface area contributed by atoms with Crippen molar-refractivity contribution >= 4 is 51.8 Å². The molecule has 1 saturated heterocycles. The smallest absolute Gasteiger partial charge is 0.341 e. The van der Waals surface area contributed by atoms with Crippen LogP contribution in [0.1, 0.15) is 53.1 Å². The van der Waals surface area contributed by atoms with Gasteiger partial charge in [-0.05, 0) is 55.9 Å². The number of nitrogens with one attached hydrogen (secondary N) is 2. The molecule has 8 nitrogen and oxygen atoms in total. The highest BCUT2D eigenvalue weighted by Gasteiger charge is 2.51. The van der Waals surface area contributed by atoms with Crippen LogP contribution in [0.4, 0.5) is 9.80 Å². The number of urea groups is 1. The number of hydrogen-bond donors (Lipinski definition) is 2. The molecule has 2 N–H and O–H groups in total. The molecule has 0 radical (unpaired) electrons. The number of aryl methyl sites for hydroxylation is 1. The van der Waals surface area contributed by atoms with Gasteiger partial charge in [-0.1, -0.05) is 30.7 Å². The zero-order valence-corrected chi connectivity index (χ0v) is 19.9. The summed E-state index contributed by atoms with van der Waals surface area (Å²) in [5.41, 5.74) is 0.553. The van der Waals surface area contributed by atoms with Gasteiger partial charge in [-0.15, -0.1) is 11.3 Å². The molecular formula is C23H24ClN3O5S. The van der Waals surface area contributed by atoms with Gasteiger partial charge in [0.15, 0.2) is 0 Å². The highest BCUT2D eigenvalue weighted by molar-refractivity contribution is 7.17. The van der Waals surface area contributed by atoms with E-state index in [-0.39, 0.29) is 6.61 Å². The quantitative estimate of drug-likeness (QED) is 0.454. The summed E-state index contributed by atoms with van der Waals surface area (Å²) in [6.07, 6.45) is 2.84. The molecule has 1 aliphatic carbocycles. The fourth-order valence-electron chi connectivity index (χ4n) is 4.38. The minimum Gasteiger partial charge on any atom is -0.462 e. The minimum atomic E-state index is -1.29. The second-order valence-corrected chi connectivity index (χ2v) is 9.46. The third-order valence-corrected chi connectivity index (χ3v) is 7.42. The van der Waals surface area contributed by atoms with Gasteiger partial charge in [0.2, 0.25) is 5.91 Å². The van der Waals surface area contributed by atoms with Crippen LogP contribution < -0.4 is 10.6 Å². The second-order valence-electron chi connectivity index (χ2n) is 7.92. The van der Waals surface area contributed by atoms with E-state index < -0.39 is 35.9 Å². The fraction of sp³-hybridized carbons (Fsp3) is 0.391. The van der Waals surface area contributed by atoms with Gasteiger partial charge in [0.05, 0.1) is 12.2 Å². The molecule has 4 rings (SSSR count). The summed E-state index contributed by atoms with van der Waals surface area (Å²) < 4.78 is 5.18. The Labute approximate surface area is 200 Å². The molecule has 1 fully saturated rings. The van der Waals surface area contributed by atoms with E-state index in [9.17, 15) is 19.2 Å². The monoisotopic (exact) mass is 489 g/mol. The molecule has 0 unspecified atom stereocenters. The molecule has 10 heteroatoms. The van der Waals surface area contributed by atoms with E-state index in [1.54, 1.807) is 38.1 Å². The largest absolute Gasteiger partial charge is 0.462 e.